The number of alkyl carbamates (subject to hydrolysis) is 1. The molecule has 1 saturated carbocycles. The molecule has 0 bridgehead atoms. The zero-order valence-corrected chi connectivity index (χ0v) is 19.8. The number of amides is 1. The fourth-order valence-electron chi connectivity index (χ4n) is 4.12. The van der Waals surface area contributed by atoms with Crippen molar-refractivity contribution >= 4 is 28.7 Å². The third-order valence-corrected chi connectivity index (χ3v) is 5.48. The third kappa shape index (κ3) is 5.87. The van der Waals surface area contributed by atoms with Crippen LogP contribution in [0.1, 0.15) is 72.3 Å². The molecule has 0 atom stereocenters. The fraction of sp³-hybridized carbons (Fsp3) is 0.682. The van der Waals surface area contributed by atoms with Gasteiger partial charge in [0.2, 0.25) is 5.28 Å². The van der Waals surface area contributed by atoms with Crippen LogP contribution in [0, 0.1) is 0 Å². The number of halogens is 1. The molecule has 0 unspecified atom stereocenters. The van der Waals surface area contributed by atoms with Gasteiger partial charge in [-0.2, -0.15) is 4.98 Å². The molecule has 1 N–H and O–H groups in total. The van der Waals surface area contributed by atoms with Crippen molar-refractivity contribution in [3.05, 3.63) is 23.2 Å². The third-order valence-electron chi connectivity index (χ3n) is 5.30. The first-order valence-corrected chi connectivity index (χ1v) is 11.3. The van der Waals surface area contributed by atoms with E-state index in [9.17, 15) is 4.79 Å². The molecule has 1 amide bonds. The van der Waals surface area contributed by atoms with Crippen LogP contribution in [0.4, 0.5) is 4.79 Å². The average molecular weight is 453 g/mol. The number of ether oxygens (including phenoxy) is 3. The number of hydrogen-bond acceptors (Lipinski definition) is 6. The highest BCUT2D eigenvalue weighted by Gasteiger charge is 2.38. The Bertz CT molecular complexity index is 897. The van der Waals surface area contributed by atoms with E-state index in [0.29, 0.717) is 25.4 Å². The molecule has 172 valence electrons. The summed E-state index contributed by atoms with van der Waals surface area (Å²) in [5.41, 5.74) is 0.498. The Morgan fingerprint density at radius 3 is 2.48 bits per heavy atom. The van der Waals surface area contributed by atoms with Crippen molar-refractivity contribution in [3.8, 4) is 0 Å². The number of rotatable bonds is 8. The van der Waals surface area contributed by atoms with Crippen LogP contribution < -0.4 is 5.32 Å². The summed E-state index contributed by atoms with van der Waals surface area (Å²) in [7, 11) is 0. The van der Waals surface area contributed by atoms with Crippen molar-refractivity contribution < 1.29 is 19.0 Å². The zero-order valence-electron chi connectivity index (χ0n) is 19.0. The van der Waals surface area contributed by atoms with Crippen LogP contribution in [0.3, 0.4) is 0 Å². The highest BCUT2D eigenvalue weighted by Crippen LogP contribution is 2.35. The minimum Gasteiger partial charge on any atom is -0.444 e. The van der Waals surface area contributed by atoms with Gasteiger partial charge in [0.25, 0.3) is 0 Å². The largest absolute Gasteiger partial charge is 0.444 e. The van der Waals surface area contributed by atoms with Crippen molar-refractivity contribution in [2.75, 3.05) is 13.2 Å². The number of nitrogens with zero attached hydrogens (tertiary/aromatic N) is 3. The molecule has 8 nitrogen and oxygen atoms in total. The number of carbonyl (C=O) groups excluding carboxylic acids is 1. The van der Waals surface area contributed by atoms with Crippen LogP contribution in [0.2, 0.25) is 5.28 Å². The van der Waals surface area contributed by atoms with Crippen molar-refractivity contribution in [1.82, 2.24) is 19.9 Å². The number of hydrogen-bond donors (Lipinski definition) is 1. The summed E-state index contributed by atoms with van der Waals surface area (Å²) in [6, 6.07) is 1.97. The molecule has 0 aromatic carbocycles. The Hall–Kier alpha value is -1.90. The van der Waals surface area contributed by atoms with E-state index in [4.69, 9.17) is 25.8 Å². The molecule has 0 radical (unpaired) electrons. The summed E-state index contributed by atoms with van der Waals surface area (Å²) in [4.78, 5) is 21.2. The average Bonchev–Trinajstić information content (AvgIpc) is 3.25. The van der Waals surface area contributed by atoms with Gasteiger partial charge in [-0.05, 0) is 65.1 Å². The zero-order chi connectivity index (χ0) is 22.6. The van der Waals surface area contributed by atoms with Gasteiger partial charge in [-0.1, -0.05) is 12.8 Å². The summed E-state index contributed by atoms with van der Waals surface area (Å²) in [6.07, 6.45) is 4.48. The van der Waals surface area contributed by atoms with E-state index in [2.05, 4.69) is 15.3 Å². The predicted molar refractivity (Wildman–Crippen MR) is 119 cm³/mol. The molecule has 2 aromatic heterocycles. The van der Waals surface area contributed by atoms with Gasteiger partial charge in [-0.3, -0.25) is 0 Å². The number of fused-ring (bicyclic) bond motifs is 1. The van der Waals surface area contributed by atoms with E-state index in [-0.39, 0.29) is 5.28 Å². The van der Waals surface area contributed by atoms with Crippen molar-refractivity contribution in [2.24, 2.45) is 0 Å². The SMILES string of the molecule is CCOC(OCC)c1cc2cnc(Cl)nc2n1CC1(NC(=O)OC(C)(C)C)CCCC1. The summed E-state index contributed by atoms with van der Waals surface area (Å²) in [5, 5.41) is 4.17. The standard InChI is InChI=1S/C22H33ClN4O4/c1-6-29-18(30-7-2)16-12-15-13-24-19(23)25-17(15)27(16)14-22(10-8-9-11-22)26-20(28)31-21(3,4)5/h12-13,18H,6-11,14H2,1-5H3,(H,26,28). The molecule has 0 spiro atoms. The Balaban J connectivity index is 2.01. The molecule has 0 aliphatic heterocycles. The monoisotopic (exact) mass is 452 g/mol. The second kappa shape index (κ2) is 9.71. The van der Waals surface area contributed by atoms with Gasteiger partial charge in [-0.25, -0.2) is 9.78 Å². The Morgan fingerprint density at radius 2 is 1.90 bits per heavy atom. The van der Waals surface area contributed by atoms with Crippen LogP contribution in [0.25, 0.3) is 11.0 Å². The Kier molecular flexibility index (Phi) is 7.44. The minimum atomic E-state index is -0.565. The van der Waals surface area contributed by atoms with Gasteiger partial charge in [0.05, 0.1) is 11.2 Å². The molecule has 1 fully saturated rings. The van der Waals surface area contributed by atoms with E-state index in [1.807, 2.05) is 45.3 Å². The van der Waals surface area contributed by atoms with Crippen LogP contribution in [-0.2, 0) is 20.8 Å². The first-order chi connectivity index (χ1) is 14.7. The summed E-state index contributed by atoms with van der Waals surface area (Å²) in [6.45, 7) is 10.9. The van der Waals surface area contributed by atoms with E-state index in [1.54, 1.807) is 6.20 Å². The molecule has 31 heavy (non-hydrogen) atoms. The van der Waals surface area contributed by atoms with Gasteiger partial charge in [-0.15, -0.1) is 0 Å². The summed E-state index contributed by atoms with van der Waals surface area (Å²) >= 11 is 6.12. The molecule has 3 rings (SSSR count). The predicted octanol–water partition coefficient (Wildman–Crippen LogP) is 4.99. The molecule has 2 heterocycles. The number of carbonyl (C=O) groups is 1. The normalized spacial score (nSPS) is 16.2. The van der Waals surface area contributed by atoms with E-state index < -0.39 is 23.5 Å². The lowest BCUT2D eigenvalue weighted by molar-refractivity contribution is -0.144. The van der Waals surface area contributed by atoms with Crippen LogP contribution >= 0.6 is 11.6 Å². The fourth-order valence-corrected chi connectivity index (χ4v) is 4.25. The van der Waals surface area contributed by atoms with Gasteiger partial charge in [0, 0.05) is 31.3 Å². The number of aromatic nitrogens is 3. The quantitative estimate of drug-likeness (QED) is 0.448. The van der Waals surface area contributed by atoms with E-state index in [0.717, 1.165) is 36.8 Å². The molecule has 0 saturated heterocycles. The van der Waals surface area contributed by atoms with Crippen molar-refractivity contribution in [1.29, 1.82) is 0 Å². The van der Waals surface area contributed by atoms with E-state index in [1.165, 1.54) is 0 Å². The van der Waals surface area contributed by atoms with Gasteiger partial charge >= 0.3 is 6.09 Å². The highest BCUT2D eigenvalue weighted by atomic mass is 35.5. The topological polar surface area (TPSA) is 87.5 Å². The number of nitrogens with one attached hydrogen (secondary N) is 1. The van der Waals surface area contributed by atoms with Crippen molar-refractivity contribution in [2.45, 2.75) is 84.3 Å². The molecular formula is C22H33ClN4O4. The molecule has 1 aliphatic carbocycles. The van der Waals surface area contributed by atoms with Crippen LogP contribution in [-0.4, -0.2) is 45.0 Å². The maximum Gasteiger partial charge on any atom is 0.408 e. The molecule has 2 aromatic rings. The minimum absolute atomic E-state index is 0.170. The Morgan fingerprint density at radius 1 is 1.26 bits per heavy atom. The molecule has 1 aliphatic rings. The van der Waals surface area contributed by atoms with Gasteiger partial charge in [0.15, 0.2) is 6.29 Å². The summed E-state index contributed by atoms with van der Waals surface area (Å²) < 4.78 is 19.3. The van der Waals surface area contributed by atoms with Crippen LogP contribution in [0.15, 0.2) is 12.3 Å². The van der Waals surface area contributed by atoms with Gasteiger partial charge < -0.3 is 24.1 Å². The Labute approximate surface area is 188 Å². The summed E-state index contributed by atoms with van der Waals surface area (Å²) in [5.74, 6) is 0. The smallest absolute Gasteiger partial charge is 0.408 e. The first kappa shape index (κ1) is 23.8. The molecule has 9 heteroatoms. The first-order valence-electron chi connectivity index (χ1n) is 10.9. The lowest BCUT2D eigenvalue weighted by atomic mass is 9.97. The van der Waals surface area contributed by atoms with Crippen molar-refractivity contribution in [3.63, 3.8) is 0 Å². The van der Waals surface area contributed by atoms with E-state index >= 15 is 0 Å². The second-order valence-corrected chi connectivity index (χ2v) is 9.27. The van der Waals surface area contributed by atoms with Crippen LogP contribution in [0.5, 0.6) is 0 Å². The second-order valence-electron chi connectivity index (χ2n) is 8.93. The maximum atomic E-state index is 12.7. The highest BCUT2D eigenvalue weighted by molar-refractivity contribution is 6.28. The lowest BCUT2D eigenvalue weighted by Crippen LogP contribution is -2.51. The molecular weight excluding hydrogens is 420 g/mol. The lowest BCUT2D eigenvalue weighted by Gasteiger charge is -2.33. The van der Waals surface area contributed by atoms with Gasteiger partial charge in [0.1, 0.15) is 11.2 Å². The maximum absolute atomic E-state index is 12.7.